The van der Waals surface area contributed by atoms with Crippen LogP contribution in [0.5, 0.6) is 0 Å². The average Bonchev–Trinajstić information content (AvgIpc) is 3.21. The number of nitrogens with one attached hydrogen (secondary N) is 1. The monoisotopic (exact) mass is 406 g/mol. The third kappa shape index (κ3) is 2.27. The molecule has 8 heteroatoms. The van der Waals surface area contributed by atoms with Crippen molar-refractivity contribution in [2.75, 3.05) is 5.32 Å². The number of likely N-dealkylation sites (tertiary alicyclic amines) is 1. The number of aryl methyl sites for hydroxylation is 1. The van der Waals surface area contributed by atoms with Crippen molar-refractivity contribution in [1.29, 1.82) is 0 Å². The smallest absolute Gasteiger partial charge is 0.291 e. The molecule has 0 aliphatic carbocycles. The SMILES string of the molecule is CC[C@@H](C)N1C(=O)[C@@H]2[C@@H]([C@@H](C)O)[NH2+][C@]3(C(=O)Nc4c(C)cc(Cl)cc43)[C@@H]2C1=O. The zero-order valence-electron chi connectivity index (χ0n) is 16.3. The van der Waals surface area contributed by atoms with E-state index in [0.717, 1.165) is 5.56 Å². The van der Waals surface area contributed by atoms with E-state index >= 15 is 0 Å². The number of nitrogens with two attached hydrogens (primary N) is 1. The van der Waals surface area contributed by atoms with Crippen molar-refractivity contribution in [1.82, 2.24) is 4.90 Å². The van der Waals surface area contributed by atoms with Crippen LogP contribution in [0.25, 0.3) is 0 Å². The van der Waals surface area contributed by atoms with Gasteiger partial charge in [0.15, 0.2) is 0 Å². The highest BCUT2D eigenvalue weighted by atomic mass is 35.5. The van der Waals surface area contributed by atoms with Crippen molar-refractivity contribution in [3.05, 3.63) is 28.3 Å². The second-order valence-corrected chi connectivity index (χ2v) is 8.70. The van der Waals surface area contributed by atoms with Gasteiger partial charge in [0.1, 0.15) is 24.0 Å². The number of halogens is 1. The van der Waals surface area contributed by atoms with Gasteiger partial charge in [-0.1, -0.05) is 18.5 Å². The zero-order valence-corrected chi connectivity index (χ0v) is 17.1. The molecular weight excluding hydrogens is 382 g/mol. The van der Waals surface area contributed by atoms with Gasteiger partial charge in [-0.15, -0.1) is 0 Å². The topological polar surface area (TPSA) is 103 Å². The summed E-state index contributed by atoms with van der Waals surface area (Å²) in [5.41, 5.74) is 0.756. The summed E-state index contributed by atoms with van der Waals surface area (Å²) in [4.78, 5) is 41.2. The second-order valence-electron chi connectivity index (χ2n) is 8.26. The molecule has 3 aliphatic heterocycles. The van der Waals surface area contributed by atoms with Crippen LogP contribution in [-0.2, 0) is 19.9 Å². The number of benzene rings is 1. The van der Waals surface area contributed by atoms with Crippen molar-refractivity contribution < 1.29 is 24.8 Å². The number of carbonyl (C=O) groups excluding carboxylic acids is 3. The first kappa shape index (κ1) is 19.4. The van der Waals surface area contributed by atoms with Gasteiger partial charge in [-0.05, 0) is 44.9 Å². The maximum atomic E-state index is 13.4. The number of anilines is 1. The highest BCUT2D eigenvalue weighted by Gasteiger charge is 2.75. The fourth-order valence-electron chi connectivity index (χ4n) is 5.20. The van der Waals surface area contributed by atoms with E-state index in [0.29, 0.717) is 22.7 Å². The highest BCUT2D eigenvalue weighted by Crippen LogP contribution is 2.51. The highest BCUT2D eigenvalue weighted by molar-refractivity contribution is 6.31. The van der Waals surface area contributed by atoms with E-state index in [2.05, 4.69) is 5.32 Å². The number of hydrogen-bond donors (Lipinski definition) is 3. The quantitative estimate of drug-likeness (QED) is 0.637. The maximum Gasteiger partial charge on any atom is 0.291 e. The Morgan fingerprint density at radius 2 is 1.96 bits per heavy atom. The number of amides is 3. The number of hydrogen-bond acceptors (Lipinski definition) is 4. The lowest BCUT2D eigenvalue weighted by molar-refractivity contribution is -0.738. The van der Waals surface area contributed by atoms with Gasteiger partial charge in [0.05, 0.1) is 5.69 Å². The summed E-state index contributed by atoms with van der Waals surface area (Å²) in [6, 6.07) is 2.60. The van der Waals surface area contributed by atoms with Crippen molar-refractivity contribution in [2.24, 2.45) is 11.8 Å². The summed E-state index contributed by atoms with van der Waals surface area (Å²) < 4.78 is 0. The average molecular weight is 407 g/mol. The van der Waals surface area contributed by atoms with Gasteiger partial charge in [-0.25, -0.2) is 0 Å². The van der Waals surface area contributed by atoms with Crippen LogP contribution in [0.1, 0.15) is 38.3 Å². The lowest BCUT2D eigenvalue weighted by Crippen LogP contribution is -3.00. The third-order valence-corrected chi connectivity index (χ3v) is 6.91. The van der Waals surface area contributed by atoms with Crippen molar-refractivity contribution >= 4 is 35.0 Å². The number of aliphatic hydroxyl groups is 1. The molecule has 150 valence electrons. The van der Waals surface area contributed by atoms with Gasteiger partial charge in [-0.2, -0.15) is 0 Å². The summed E-state index contributed by atoms with van der Waals surface area (Å²) in [6.45, 7) is 7.18. The van der Waals surface area contributed by atoms with E-state index < -0.39 is 29.5 Å². The zero-order chi connectivity index (χ0) is 20.5. The molecule has 1 aromatic rings. The molecule has 0 bridgehead atoms. The second kappa shape index (κ2) is 6.27. The fourth-order valence-corrected chi connectivity index (χ4v) is 5.47. The van der Waals surface area contributed by atoms with E-state index in [1.165, 1.54) is 4.90 Å². The lowest BCUT2D eigenvalue weighted by Gasteiger charge is -2.29. The summed E-state index contributed by atoms with van der Waals surface area (Å²) in [5.74, 6) is -2.60. The Balaban J connectivity index is 1.94. The summed E-state index contributed by atoms with van der Waals surface area (Å²) in [7, 11) is 0. The molecule has 0 radical (unpaired) electrons. The van der Waals surface area contributed by atoms with Gasteiger partial charge in [0.2, 0.25) is 17.4 Å². The van der Waals surface area contributed by atoms with Crippen LogP contribution in [0, 0.1) is 18.8 Å². The van der Waals surface area contributed by atoms with Gasteiger partial charge < -0.3 is 15.7 Å². The first-order valence-corrected chi connectivity index (χ1v) is 10.1. The van der Waals surface area contributed by atoms with Crippen molar-refractivity contribution in [3.8, 4) is 0 Å². The normalized spacial score (nSPS) is 33.3. The number of imide groups is 1. The molecule has 0 unspecified atom stereocenters. The van der Waals surface area contributed by atoms with Crippen LogP contribution in [-0.4, -0.2) is 45.9 Å². The van der Waals surface area contributed by atoms with Gasteiger partial charge in [0, 0.05) is 16.6 Å². The first-order chi connectivity index (χ1) is 13.1. The first-order valence-electron chi connectivity index (χ1n) is 9.68. The van der Waals surface area contributed by atoms with E-state index in [-0.39, 0.29) is 23.8 Å². The largest absolute Gasteiger partial charge is 0.387 e. The Morgan fingerprint density at radius 3 is 2.57 bits per heavy atom. The Kier molecular flexibility index (Phi) is 4.34. The molecule has 6 atom stereocenters. The van der Waals surface area contributed by atoms with E-state index in [9.17, 15) is 19.5 Å². The number of carbonyl (C=O) groups is 3. The van der Waals surface area contributed by atoms with E-state index in [1.807, 2.05) is 20.8 Å². The van der Waals surface area contributed by atoms with Gasteiger partial charge in [0.25, 0.3) is 5.91 Å². The number of nitrogens with zero attached hydrogens (tertiary/aromatic N) is 1. The molecule has 3 heterocycles. The van der Waals surface area contributed by atoms with E-state index in [1.54, 1.807) is 24.4 Å². The van der Waals surface area contributed by atoms with Crippen LogP contribution in [0.3, 0.4) is 0 Å². The van der Waals surface area contributed by atoms with Crippen molar-refractivity contribution in [3.63, 3.8) is 0 Å². The molecule has 4 N–H and O–H groups in total. The van der Waals surface area contributed by atoms with Gasteiger partial charge >= 0.3 is 0 Å². The number of aliphatic hydroxyl groups excluding tert-OH is 1. The van der Waals surface area contributed by atoms with Crippen LogP contribution in [0.15, 0.2) is 12.1 Å². The Bertz CT molecular complexity index is 902. The predicted molar refractivity (Wildman–Crippen MR) is 102 cm³/mol. The van der Waals surface area contributed by atoms with E-state index in [4.69, 9.17) is 11.6 Å². The summed E-state index contributed by atoms with van der Waals surface area (Å²) >= 11 is 6.28. The minimum absolute atomic E-state index is 0.262. The third-order valence-electron chi connectivity index (χ3n) is 6.69. The molecule has 2 saturated heterocycles. The molecule has 7 nitrogen and oxygen atoms in total. The standard InChI is InChI=1S/C20H24ClN3O4/c1-5-9(3)24-17(26)13-14(18(24)27)20(23-16(13)10(4)25)12-7-11(21)6-8(2)15(12)22-19(20)28/h6-7,9-10,13-14,16,23,25H,5H2,1-4H3,(H,22,28)/p+1/t9-,10-,13+,14+,16-,20+/m1/s1. The molecule has 0 saturated carbocycles. The molecule has 28 heavy (non-hydrogen) atoms. The van der Waals surface area contributed by atoms with Crippen LogP contribution in [0.4, 0.5) is 5.69 Å². The molecular formula is C20H25ClN3O4+. The lowest BCUT2D eigenvalue weighted by atomic mass is 9.76. The number of rotatable bonds is 3. The number of fused-ring (bicyclic) bond motifs is 4. The Morgan fingerprint density at radius 1 is 1.29 bits per heavy atom. The predicted octanol–water partition coefficient (Wildman–Crippen LogP) is 0.522. The minimum atomic E-state index is -1.30. The van der Waals surface area contributed by atoms with Gasteiger partial charge in [-0.3, -0.25) is 19.3 Å². The van der Waals surface area contributed by atoms with Crippen molar-refractivity contribution in [2.45, 2.75) is 57.8 Å². The van der Waals surface area contributed by atoms with Crippen LogP contribution in [0.2, 0.25) is 5.02 Å². The molecule has 3 amide bonds. The summed E-state index contributed by atoms with van der Waals surface area (Å²) in [6.07, 6.45) is -0.238. The van der Waals surface area contributed by atoms with Crippen LogP contribution >= 0.6 is 11.6 Å². The molecule has 3 aliphatic rings. The molecule has 1 aromatic carbocycles. The fraction of sp³-hybridized carbons (Fsp3) is 0.550. The minimum Gasteiger partial charge on any atom is -0.387 e. The molecule has 2 fully saturated rings. The molecule has 1 spiro atoms. The van der Waals surface area contributed by atoms with Crippen LogP contribution < -0.4 is 10.6 Å². The maximum absolute atomic E-state index is 13.4. The Hall–Kier alpha value is -1.96. The summed E-state index contributed by atoms with van der Waals surface area (Å²) in [5, 5.41) is 15.5. The molecule has 0 aromatic heterocycles. The number of quaternary nitrogens is 1. The Labute approximate surface area is 168 Å². The molecule has 4 rings (SSSR count).